The van der Waals surface area contributed by atoms with E-state index >= 15 is 0 Å². The van der Waals surface area contributed by atoms with Crippen LogP contribution in [0.4, 0.5) is 11.5 Å². The minimum Gasteiger partial charge on any atom is -0.496 e. The van der Waals surface area contributed by atoms with Gasteiger partial charge in [0.25, 0.3) is 0 Å². The molecule has 37 heavy (non-hydrogen) atoms. The molecule has 1 saturated heterocycles. The van der Waals surface area contributed by atoms with Crippen LogP contribution in [0, 0.1) is 13.5 Å². The van der Waals surface area contributed by atoms with Gasteiger partial charge in [0.1, 0.15) is 12.3 Å². The maximum absolute atomic E-state index is 10.3. The van der Waals surface area contributed by atoms with Crippen LogP contribution in [0.25, 0.3) is 27.6 Å². The van der Waals surface area contributed by atoms with Crippen molar-refractivity contribution in [1.82, 2.24) is 14.8 Å². The second-order valence-corrected chi connectivity index (χ2v) is 9.72. The number of H-pyrrole nitrogens is 1. The molecule has 0 spiro atoms. The Bertz CT molecular complexity index is 1300. The molecule has 1 aromatic heterocycles. The molecular weight excluding hydrogens is 486 g/mol. The molecule has 2 aromatic carbocycles. The fraction of sp³-hybridized carbons (Fsp3) is 0.310. The fourth-order valence-corrected chi connectivity index (χ4v) is 4.60. The molecule has 194 valence electrons. The summed E-state index contributed by atoms with van der Waals surface area (Å²) in [5, 5.41) is 0.542. The van der Waals surface area contributed by atoms with Gasteiger partial charge in [0.15, 0.2) is 0 Å². The lowest BCUT2D eigenvalue weighted by molar-refractivity contribution is -0.117. The van der Waals surface area contributed by atoms with Gasteiger partial charge in [0.2, 0.25) is 6.41 Å². The zero-order valence-corrected chi connectivity index (χ0v) is 22.8. The molecule has 1 fully saturated rings. The summed E-state index contributed by atoms with van der Waals surface area (Å²) in [5.74, 6) is 1.37. The number of nitrogen functional groups attached to an aromatic ring is 1. The second-order valence-electron chi connectivity index (χ2n) is 9.32. The maximum atomic E-state index is 10.3. The highest BCUT2D eigenvalue weighted by Crippen LogP contribution is 2.39. The summed E-state index contributed by atoms with van der Waals surface area (Å²) in [7, 11) is 5.76. The van der Waals surface area contributed by atoms with Crippen molar-refractivity contribution in [1.29, 1.82) is 0 Å². The molecule has 4 rings (SSSR count). The highest BCUT2D eigenvalue weighted by atomic mass is 35.5. The quantitative estimate of drug-likeness (QED) is 0.301. The lowest BCUT2D eigenvalue weighted by Crippen LogP contribution is -2.30. The number of aryl methyl sites for hydroxylation is 1. The molecule has 1 atom stereocenters. The lowest BCUT2D eigenvalue weighted by Gasteiger charge is -2.17. The van der Waals surface area contributed by atoms with E-state index in [9.17, 15) is 4.79 Å². The molecule has 0 aliphatic carbocycles. The van der Waals surface area contributed by atoms with Crippen molar-refractivity contribution in [2.75, 3.05) is 40.0 Å². The molecule has 0 saturated carbocycles. The van der Waals surface area contributed by atoms with Gasteiger partial charge in [-0.25, -0.2) is 4.98 Å². The SMILES string of the molecule is C#[N+]c1[nH]cc(-c2ccccc2OC)c1/C=C(\C)c1cc(C)c(N)c(Cl)c1.CN(C)C1CCN(C=O)C1. The number of amides is 1. The molecule has 2 heterocycles. The van der Waals surface area contributed by atoms with Gasteiger partial charge in [-0.2, -0.15) is 4.85 Å². The van der Waals surface area contributed by atoms with Crippen molar-refractivity contribution >= 4 is 41.2 Å². The van der Waals surface area contributed by atoms with Gasteiger partial charge in [0.05, 0.1) is 29.6 Å². The number of carbonyl (C=O) groups excluding carboxylic acids is 1. The van der Waals surface area contributed by atoms with E-state index in [1.54, 1.807) is 7.11 Å². The van der Waals surface area contributed by atoms with E-state index in [2.05, 4.69) is 28.8 Å². The summed E-state index contributed by atoms with van der Waals surface area (Å²) >= 11 is 6.26. The topological polar surface area (TPSA) is 79.0 Å². The van der Waals surface area contributed by atoms with Gasteiger partial charge in [-0.15, -0.1) is 0 Å². The average molecular weight is 521 g/mol. The average Bonchev–Trinajstić information content (AvgIpc) is 3.54. The molecule has 0 radical (unpaired) electrons. The summed E-state index contributed by atoms with van der Waals surface area (Å²) in [6, 6.07) is 12.3. The number of likely N-dealkylation sites (N-methyl/N-ethyl adjacent to an activating group) is 1. The molecule has 0 bridgehead atoms. The molecule has 1 unspecified atom stereocenters. The Morgan fingerprint density at radius 2 is 2.03 bits per heavy atom. The highest BCUT2D eigenvalue weighted by Gasteiger charge is 2.22. The summed E-state index contributed by atoms with van der Waals surface area (Å²) in [5.41, 5.74) is 12.3. The van der Waals surface area contributed by atoms with Gasteiger partial charge in [-0.3, -0.25) is 4.79 Å². The van der Waals surface area contributed by atoms with Crippen molar-refractivity contribution in [3.8, 4) is 23.4 Å². The minimum absolute atomic E-state index is 0.542. The number of nitrogens with zero attached hydrogens (tertiary/aromatic N) is 3. The number of hydrogen-bond donors (Lipinski definition) is 2. The Morgan fingerprint density at radius 1 is 1.30 bits per heavy atom. The number of methoxy groups -OCH3 is 1. The largest absolute Gasteiger partial charge is 0.496 e. The van der Waals surface area contributed by atoms with Gasteiger partial charge < -0.3 is 20.3 Å². The summed E-state index contributed by atoms with van der Waals surface area (Å²) in [6.45, 7) is 11.4. The predicted molar refractivity (Wildman–Crippen MR) is 155 cm³/mol. The van der Waals surface area contributed by atoms with Crippen molar-refractivity contribution in [2.45, 2.75) is 26.3 Å². The Morgan fingerprint density at radius 3 is 2.59 bits per heavy atom. The third-order valence-electron chi connectivity index (χ3n) is 6.65. The zero-order valence-electron chi connectivity index (χ0n) is 22.1. The molecule has 8 heteroatoms. The number of benzene rings is 2. The number of aromatic nitrogens is 1. The third kappa shape index (κ3) is 6.53. The number of para-hydroxylation sites is 1. The van der Waals surface area contributed by atoms with Crippen LogP contribution in [0.15, 0.2) is 42.6 Å². The van der Waals surface area contributed by atoms with Crippen LogP contribution in [0.3, 0.4) is 0 Å². The van der Waals surface area contributed by atoms with Gasteiger partial charge in [-0.1, -0.05) is 29.8 Å². The van der Waals surface area contributed by atoms with Crippen LogP contribution in [-0.4, -0.2) is 61.5 Å². The van der Waals surface area contributed by atoms with E-state index in [1.165, 1.54) is 0 Å². The van der Waals surface area contributed by atoms with E-state index in [-0.39, 0.29) is 0 Å². The van der Waals surface area contributed by atoms with Gasteiger partial charge in [0, 0.05) is 30.3 Å². The van der Waals surface area contributed by atoms with Crippen LogP contribution in [0.1, 0.15) is 30.0 Å². The van der Waals surface area contributed by atoms with E-state index < -0.39 is 0 Å². The Labute approximate surface area is 224 Å². The standard InChI is InChI=1S/C22H21ClN3O.C7H14N2O/c1-13(15-9-14(2)21(24)19(23)11-15)10-17-18(12-26-22(17)25-3)16-7-5-6-8-20(16)27-4;1-8(2)7-3-4-9(5-7)6-10/h3,5-12,26H,24H2,1-2,4H3;6-7H,3-5H2,1-2H3/q+1;/b13-10+;. The number of nitrogens with one attached hydrogen (secondary N) is 1. The molecule has 1 amide bonds. The fourth-order valence-electron chi connectivity index (χ4n) is 4.33. The first-order valence-corrected chi connectivity index (χ1v) is 12.4. The van der Waals surface area contributed by atoms with Gasteiger partial charge >= 0.3 is 5.82 Å². The van der Waals surface area contributed by atoms with Gasteiger partial charge in [-0.05, 0) is 75.3 Å². The monoisotopic (exact) mass is 520 g/mol. The van der Waals surface area contributed by atoms with E-state index in [0.717, 1.165) is 65.1 Å². The molecule has 7 nitrogen and oxygen atoms in total. The number of nitrogens with two attached hydrogens (primary N) is 1. The number of aromatic amines is 1. The third-order valence-corrected chi connectivity index (χ3v) is 6.96. The number of allylic oxidation sites excluding steroid dienone is 1. The Hall–Kier alpha value is -3.73. The number of anilines is 1. The van der Waals surface area contributed by atoms with E-state index in [1.807, 2.05) is 67.4 Å². The zero-order chi connectivity index (χ0) is 27.1. The maximum Gasteiger partial charge on any atom is 0.390 e. The molecule has 3 N–H and O–H groups in total. The minimum atomic E-state index is 0.542. The van der Waals surface area contributed by atoms with Crippen LogP contribution in [0.5, 0.6) is 5.75 Å². The number of halogens is 1. The van der Waals surface area contributed by atoms with Crippen molar-refractivity contribution in [3.63, 3.8) is 0 Å². The second kappa shape index (κ2) is 12.5. The first-order valence-electron chi connectivity index (χ1n) is 12.1. The van der Waals surface area contributed by atoms with Crippen molar-refractivity contribution < 1.29 is 9.53 Å². The first-order chi connectivity index (χ1) is 17.7. The molecule has 3 aromatic rings. The van der Waals surface area contributed by atoms with E-state index in [4.69, 9.17) is 28.6 Å². The first kappa shape index (κ1) is 27.9. The van der Waals surface area contributed by atoms with Crippen molar-refractivity contribution in [3.05, 3.63) is 69.2 Å². The van der Waals surface area contributed by atoms with Crippen LogP contribution < -0.4 is 10.5 Å². The number of carbonyl (C=O) groups is 1. The van der Waals surface area contributed by atoms with Crippen LogP contribution in [-0.2, 0) is 4.79 Å². The summed E-state index contributed by atoms with van der Waals surface area (Å²) in [4.78, 5) is 21.3. The van der Waals surface area contributed by atoms with Crippen LogP contribution >= 0.6 is 11.6 Å². The summed E-state index contributed by atoms with van der Waals surface area (Å²) < 4.78 is 5.50. The normalized spacial score (nSPS) is 15.2. The van der Waals surface area contributed by atoms with Crippen LogP contribution in [0.2, 0.25) is 5.02 Å². The Balaban J connectivity index is 0.000000319. The van der Waals surface area contributed by atoms with Crippen molar-refractivity contribution in [2.24, 2.45) is 0 Å². The highest BCUT2D eigenvalue weighted by molar-refractivity contribution is 6.33. The number of ether oxygens (including phenoxy) is 1. The molecule has 1 aliphatic rings. The predicted octanol–water partition coefficient (Wildman–Crippen LogP) is 6.17. The Kier molecular flexibility index (Phi) is 9.40. The number of rotatable bonds is 6. The lowest BCUT2D eigenvalue weighted by atomic mass is 9.98. The van der Waals surface area contributed by atoms with E-state index in [0.29, 0.717) is 22.6 Å². The number of hydrogen-bond acceptors (Lipinski definition) is 4. The summed E-state index contributed by atoms with van der Waals surface area (Å²) in [6.07, 6.45) is 5.96. The molecular formula is C29H35ClN5O2+. The molecule has 1 aliphatic heterocycles. The number of likely N-dealkylation sites (tertiary alicyclic amines) is 1. The smallest absolute Gasteiger partial charge is 0.390 e.